The first-order valence-corrected chi connectivity index (χ1v) is 5.89. The molecule has 5 nitrogen and oxygen atoms in total. The molecular formula is C13H18ClFN2O3. The molecule has 0 bridgehead atoms. The molecule has 0 aliphatic carbocycles. The van der Waals surface area contributed by atoms with Crippen LogP contribution in [-0.2, 0) is 16.0 Å². The number of aliphatic carboxylic acids is 1. The molecular weight excluding hydrogens is 287 g/mol. The van der Waals surface area contributed by atoms with Crippen molar-refractivity contribution in [2.24, 2.45) is 0 Å². The highest BCUT2D eigenvalue weighted by molar-refractivity contribution is 5.85. The number of amides is 1. The topological polar surface area (TPSA) is 69.6 Å². The Kier molecular flexibility index (Phi) is 8.51. The normalized spacial score (nSPS) is 9.95. The van der Waals surface area contributed by atoms with Gasteiger partial charge in [0.1, 0.15) is 12.4 Å². The van der Waals surface area contributed by atoms with Crippen molar-refractivity contribution in [1.82, 2.24) is 10.2 Å². The van der Waals surface area contributed by atoms with Gasteiger partial charge in [-0.05, 0) is 31.2 Å². The van der Waals surface area contributed by atoms with Crippen molar-refractivity contribution in [2.45, 2.75) is 6.42 Å². The summed E-state index contributed by atoms with van der Waals surface area (Å²) >= 11 is 0. The summed E-state index contributed by atoms with van der Waals surface area (Å²) in [6.07, 6.45) is 0.697. The van der Waals surface area contributed by atoms with Gasteiger partial charge in [0.05, 0.1) is 6.54 Å². The Balaban J connectivity index is 0.00000361. The maximum absolute atomic E-state index is 12.7. The van der Waals surface area contributed by atoms with E-state index in [2.05, 4.69) is 5.32 Å². The summed E-state index contributed by atoms with van der Waals surface area (Å²) in [5.74, 6) is -1.67. The number of halogens is 2. The average molecular weight is 305 g/mol. The Bertz CT molecular complexity index is 440. The van der Waals surface area contributed by atoms with Gasteiger partial charge in [-0.2, -0.15) is 0 Å². The largest absolute Gasteiger partial charge is 0.480 e. The molecule has 0 aliphatic rings. The van der Waals surface area contributed by atoms with E-state index in [4.69, 9.17) is 5.11 Å². The van der Waals surface area contributed by atoms with Crippen molar-refractivity contribution in [3.63, 3.8) is 0 Å². The zero-order valence-electron chi connectivity index (χ0n) is 11.1. The third-order valence-electron chi connectivity index (χ3n) is 2.55. The fourth-order valence-corrected chi connectivity index (χ4v) is 1.53. The predicted octanol–water partition coefficient (Wildman–Crippen LogP) is 0.923. The quantitative estimate of drug-likeness (QED) is 0.786. The van der Waals surface area contributed by atoms with E-state index in [-0.39, 0.29) is 37.2 Å². The molecule has 20 heavy (non-hydrogen) atoms. The molecule has 1 aromatic rings. The molecule has 1 rings (SSSR count). The Hall–Kier alpha value is -1.66. The first-order valence-electron chi connectivity index (χ1n) is 5.89. The highest BCUT2D eigenvalue weighted by Gasteiger charge is 2.07. The minimum atomic E-state index is -1.07. The number of hydrogen-bond donors (Lipinski definition) is 2. The average Bonchev–Trinajstić information content (AvgIpc) is 2.36. The number of benzene rings is 1. The van der Waals surface area contributed by atoms with Crippen molar-refractivity contribution in [1.29, 1.82) is 0 Å². The molecule has 1 aromatic carbocycles. The number of carbonyl (C=O) groups excluding carboxylic acids is 1. The van der Waals surface area contributed by atoms with Crippen molar-refractivity contribution < 1.29 is 19.1 Å². The lowest BCUT2D eigenvalue weighted by molar-refractivity contribution is -0.138. The number of nitrogens with one attached hydrogen (secondary N) is 1. The van der Waals surface area contributed by atoms with Gasteiger partial charge in [-0.3, -0.25) is 14.5 Å². The number of carboxylic acids is 1. The van der Waals surface area contributed by atoms with E-state index in [0.29, 0.717) is 13.0 Å². The van der Waals surface area contributed by atoms with Crippen molar-refractivity contribution in [3.05, 3.63) is 35.6 Å². The number of carboxylic acid groups (broad SMARTS) is 1. The molecule has 1 amide bonds. The van der Waals surface area contributed by atoms with Crippen molar-refractivity contribution >= 4 is 24.3 Å². The van der Waals surface area contributed by atoms with Gasteiger partial charge < -0.3 is 10.4 Å². The second-order valence-electron chi connectivity index (χ2n) is 4.28. The molecule has 0 aliphatic heterocycles. The highest BCUT2D eigenvalue weighted by atomic mass is 35.5. The number of carbonyl (C=O) groups is 2. The molecule has 2 N–H and O–H groups in total. The van der Waals surface area contributed by atoms with Crippen LogP contribution in [0.5, 0.6) is 0 Å². The summed E-state index contributed by atoms with van der Waals surface area (Å²) in [7, 11) is 1.77. The van der Waals surface area contributed by atoms with Gasteiger partial charge in [-0.15, -0.1) is 12.4 Å². The summed E-state index contributed by atoms with van der Waals surface area (Å²) in [5.41, 5.74) is 0.985. The first-order chi connectivity index (χ1) is 8.97. The van der Waals surface area contributed by atoms with E-state index in [0.717, 1.165) is 5.56 Å². The monoisotopic (exact) mass is 304 g/mol. The van der Waals surface area contributed by atoms with Crippen LogP contribution in [0.25, 0.3) is 0 Å². The Labute approximate surface area is 123 Å². The van der Waals surface area contributed by atoms with E-state index in [9.17, 15) is 14.0 Å². The predicted molar refractivity (Wildman–Crippen MR) is 75.5 cm³/mol. The van der Waals surface area contributed by atoms with E-state index in [1.54, 1.807) is 24.1 Å². The maximum atomic E-state index is 12.7. The van der Waals surface area contributed by atoms with Crippen LogP contribution in [-0.4, -0.2) is 48.6 Å². The summed E-state index contributed by atoms with van der Waals surface area (Å²) < 4.78 is 12.7. The third-order valence-corrected chi connectivity index (χ3v) is 2.55. The Morgan fingerprint density at radius 2 is 1.90 bits per heavy atom. The molecule has 0 heterocycles. The Morgan fingerprint density at radius 1 is 1.30 bits per heavy atom. The van der Waals surface area contributed by atoms with Crippen LogP contribution in [0.15, 0.2) is 24.3 Å². The summed E-state index contributed by atoms with van der Waals surface area (Å²) in [6.45, 7) is 0.394. The maximum Gasteiger partial charge on any atom is 0.322 e. The van der Waals surface area contributed by atoms with Crippen LogP contribution in [0.1, 0.15) is 5.56 Å². The number of hydrogen-bond acceptors (Lipinski definition) is 3. The van der Waals surface area contributed by atoms with Gasteiger partial charge >= 0.3 is 5.97 Å². The molecule has 0 atom stereocenters. The Morgan fingerprint density at radius 3 is 2.45 bits per heavy atom. The van der Waals surface area contributed by atoms with Crippen LogP contribution in [0.3, 0.4) is 0 Å². The molecule has 112 valence electrons. The zero-order valence-corrected chi connectivity index (χ0v) is 12.0. The third kappa shape index (κ3) is 7.70. The fraction of sp³-hybridized carbons (Fsp3) is 0.385. The lowest BCUT2D eigenvalue weighted by atomic mass is 10.1. The zero-order chi connectivity index (χ0) is 14.3. The summed E-state index contributed by atoms with van der Waals surface area (Å²) in [5, 5.41) is 10.7. The summed E-state index contributed by atoms with van der Waals surface area (Å²) in [4.78, 5) is 23.4. The second-order valence-corrected chi connectivity index (χ2v) is 4.28. The van der Waals surface area contributed by atoms with Gasteiger partial charge in [-0.25, -0.2) is 4.39 Å². The molecule has 7 heteroatoms. The second kappa shape index (κ2) is 9.28. The number of nitrogens with zero attached hydrogens (tertiary/aromatic N) is 1. The van der Waals surface area contributed by atoms with Gasteiger partial charge in [0.25, 0.3) is 0 Å². The van der Waals surface area contributed by atoms with Crippen LogP contribution in [0.4, 0.5) is 4.39 Å². The van der Waals surface area contributed by atoms with E-state index < -0.39 is 5.97 Å². The van der Waals surface area contributed by atoms with Crippen LogP contribution in [0.2, 0.25) is 0 Å². The molecule has 0 saturated heterocycles. The minimum Gasteiger partial charge on any atom is -0.480 e. The van der Waals surface area contributed by atoms with Gasteiger partial charge in [0, 0.05) is 6.54 Å². The minimum absolute atomic E-state index is 0. The first kappa shape index (κ1) is 18.3. The molecule has 0 spiro atoms. The smallest absolute Gasteiger partial charge is 0.322 e. The molecule has 0 fully saturated rings. The lowest BCUT2D eigenvalue weighted by Crippen LogP contribution is -2.38. The summed E-state index contributed by atoms with van der Waals surface area (Å²) in [6, 6.07) is 6.20. The van der Waals surface area contributed by atoms with Crippen LogP contribution < -0.4 is 5.32 Å². The molecule has 0 aromatic heterocycles. The van der Waals surface area contributed by atoms with E-state index in [1.165, 1.54) is 12.1 Å². The molecule has 0 saturated carbocycles. The standard InChI is InChI=1S/C13H17FN2O3.ClH/c1-16(9-12(17)15-8-13(18)19)7-6-10-2-4-11(14)5-3-10;/h2-5H,6-9H2,1H3,(H,15,17)(H,18,19);1H. The van der Waals surface area contributed by atoms with Gasteiger partial charge in [0.15, 0.2) is 0 Å². The van der Waals surface area contributed by atoms with Gasteiger partial charge in [-0.1, -0.05) is 12.1 Å². The van der Waals surface area contributed by atoms with Crippen molar-refractivity contribution in [3.8, 4) is 0 Å². The lowest BCUT2D eigenvalue weighted by Gasteiger charge is -2.15. The van der Waals surface area contributed by atoms with Crippen LogP contribution >= 0.6 is 12.4 Å². The van der Waals surface area contributed by atoms with Crippen LogP contribution in [0, 0.1) is 5.82 Å². The highest BCUT2D eigenvalue weighted by Crippen LogP contribution is 2.03. The fourth-order valence-electron chi connectivity index (χ4n) is 1.53. The van der Waals surface area contributed by atoms with Gasteiger partial charge in [0.2, 0.25) is 5.91 Å². The molecule has 0 unspecified atom stereocenters. The SMILES string of the molecule is CN(CCc1ccc(F)cc1)CC(=O)NCC(=O)O.Cl. The molecule has 0 radical (unpaired) electrons. The van der Waals surface area contributed by atoms with Crippen molar-refractivity contribution in [2.75, 3.05) is 26.7 Å². The number of likely N-dealkylation sites (N-methyl/N-ethyl adjacent to an activating group) is 1. The number of rotatable bonds is 7. The van der Waals surface area contributed by atoms with E-state index in [1.807, 2.05) is 0 Å². The van der Waals surface area contributed by atoms with E-state index >= 15 is 0 Å².